The van der Waals surface area contributed by atoms with Crippen molar-refractivity contribution in [2.75, 3.05) is 6.54 Å². The average molecular weight is 437 g/mol. The maximum absolute atomic E-state index is 13.0. The lowest BCUT2D eigenvalue weighted by Crippen LogP contribution is -2.53. The quantitative estimate of drug-likeness (QED) is 0.584. The maximum atomic E-state index is 13.0. The molecule has 1 fully saturated rings. The van der Waals surface area contributed by atoms with Crippen molar-refractivity contribution in [3.05, 3.63) is 71.8 Å². The zero-order valence-electron chi connectivity index (χ0n) is 18.0. The van der Waals surface area contributed by atoms with Crippen LogP contribution in [-0.2, 0) is 14.4 Å². The van der Waals surface area contributed by atoms with Crippen LogP contribution in [0.15, 0.2) is 60.7 Å². The van der Waals surface area contributed by atoms with Crippen LogP contribution in [0.5, 0.6) is 0 Å². The van der Waals surface area contributed by atoms with E-state index in [0.29, 0.717) is 17.5 Å². The maximum Gasteiger partial charge on any atom is 0.331 e. The summed E-state index contributed by atoms with van der Waals surface area (Å²) in [7, 11) is 0. The molecule has 1 heterocycles. The van der Waals surface area contributed by atoms with Crippen LogP contribution in [0, 0.1) is 5.92 Å². The van der Waals surface area contributed by atoms with Crippen LogP contribution < -0.4 is 10.6 Å². The third kappa shape index (κ3) is 5.14. The van der Waals surface area contributed by atoms with Gasteiger partial charge in [-0.2, -0.15) is 0 Å². The van der Waals surface area contributed by atoms with E-state index >= 15 is 0 Å². The molecule has 0 aromatic heterocycles. The summed E-state index contributed by atoms with van der Waals surface area (Å²) in [5.74, 6) is -2.66. The van der Waals surface area contributed by atoms with Gasteiger partial charge in [0.25, 0.3) is 5.91 Å². The highest BCUT2D eigenvalue weighted by Gasteiger charge is 2.41. The van der Waals surface area contributed by atoms with Gasteiger partial charge in [-0.1, -0.05) is 62.4 Å². The minimum atomic E-state index is -1.13. The number of nitrogens with zero attached hydrogens (tertiary/aromatic N) is 1. The standard InChI is InChI=1S/C24H27N3O5/c1-15(2)19(26-21(28)17-11-7-4-8-12-17)22(29)25-18-13-14-27(23(18)30)20(24(31)32)16-9-5-3-6-10-16/h3-12,15,18-20H,13-14H2,1-2H3,(H,25,29)(H,26,28)(H,31,32). The molecule has 3 atom stereocenters. The van der Waals surface area contributed by atoms with E-state index in [1.807, 2.05) is 0 Å². The van der Waals surface area contributed by atoms with E-state index in [-0.39, 0.29) is 18.4 Å². The summed E-state index contributed by atoms with van der Waals surface area (Å²) in [6, 6.07) is 14.3. The Morgan fingerprint density at radius 2 is 1.59 bits per heavy atom. The predicted octanol–water partition coefficient (Wildman–Crippen LogP) is 1.98. The minimum absolute atomic E-state index is 0.207. The summed E-state index contributed by atoms with van der Waals surface area (Å²) in [5.41, 5.74) is 0.928. The number of carbonyl (C=O) groups excluding carboxylic acids is 3. The molecule has 3 unspecified atom stereocenters. The first-order valence-corrected chi connectivity index (χ1v) is 10.5. The molecule has 32 heavy (non-hydrogen) atoms. The van der Waals surface area contributed by atoms with Gasteiger partial charge in [0.1, 0.15) is 12.1 Å². The molecule has 1 saturated heterocycles. The largest absolute Gasteiger partial charge is 0.479 e. The third-order valence-corrected chi connectivity index (χ3v) is 5.49. The van der Waals surface area contributed by atoms with Crippen molar-refractivity contribution in [1.82, 2.24) is 15.5 Å². The Bertz CT molecular complexity index is 978. The fourth-order valence-electron chi connectivity index (χ4n) is 3.79. The lowest BCUT2D eigenvalue weighted by atomic mass is 10.0. The highest BCUT2D eigenvalue weighted by molar-refractivity contribution is 5.99. The second-order valence-corrected chi connectivity index (χ2v) is 8.09. The molecule has 3 rings (SSSR count). The van der Waals surface area contributed by atoms with Gasteiger partial charge >= 0.3 is 5.97 Å². The van der Waals surface area contributed by atoms with Crippen LogP contribution >= 0.6 is 0 Å². The van der Waals surface area contributed by atoms with E-state index in [1.165, 1.54) is 4.90 Å². The molecule has 2 aromatic rings. The number of aliphatic carboxylic acids is 1. The van der Waals surface area contributed by atoms with E-state index in [2.05, 4.69) is 10.6 Å². The topological polar surface area (TPSA) is 116 Å². The Kier molecular flexibility index (Phi) is 7.25. The van der Waals surface area contributed by atoms with Gasteiger partial charge in [0.05, 0.1) is 0 Å². The summed E-state index contributed by atoms with van der Waals surface area (Å²) in [5, 5.41) is 15.1. The number of hydrogen-bond acceptors (Lipinski definition) is 4. The van der Waals surface area contributed by atoms with Crippen molar-refractivity contribution < 1.29 is 24.3 Å². The minimum Gasteiger partial charge on any atom is -0.479 e. The number of nitrogens with one attached hydrogen (secondary N) is 2. The van der Waals surface area contributed by atoms with Crippen molar-refractivity contribution >= 4 is 23.7 Å². The van der Waals surface area contributed by atoms with Crippen LogP contribution in [0.25, 0.3) is 0 Å². The predicted molar refractivity (Wildman–Crippen MR) is 118 cm³/mol. The molecule has 168 valence electrons. The van der Waals surface area contributed by atoms with Gasteiger partial charge in [0, 0.05) is 12.1 Å². The molecule has 1 aliphatic rings. The Hall–Kier alpha value is -3.68. The number of carboxylic acids is 1. The third-order valence-electron chi connectivity index (χ3n) is 5.49. The van der Waals surface area contributed by atoms with Gasteiger partial charge in [0.15, 0.2) is 6.04 Å². The smallest absolute Gasteiger partial charge is 0.331 e. The molecule has 3 N–H and O–H groups in total. The summed E-state index contributed by atoms with van der Waals surface area (Å²) >= 11 is 0. The SMILES string of the molecule is CC(C)C(NC(=O)c1ccccc1)C(=O)NC1CCN(C(C(=O)O)c2ccccc2)C1=O. The summed E-state index contributed by atoms with van der Waals surface area (Å²) in [6.45, 7) is 3.81. The molecule has 8 heteroatoms. The van der Waals surface area contributed by atoms with E-state index in [1.54, 1.807) is 74.5 Å². The summed E-state index contributed by atoms with van der Waals surface area (Å²) in [4.78, 5) is 51.5. The number of amides is 3. The molecule has 8 nitrogen and oxygen atoms in total. The molecule has 0 saturated carbocycles. The molecule has 0 bridgehead atoms. The van der Waals surface area contributed by atoms with Gasteiger partial charge in [-0.25, -0.2) is 4.79 Å². The first kappa shape index (κ1) is 23.0. The molecule has 1 aliphatic heterocycles. The Morgan fingerprint density at radius 3 is 2.16 bits per heavy atom. The van der Waals surface area contributed by atoms with Gasteiger partial charge in [-0.15, -0.1) is 0 Å². The fraction of sp³-hybridized carbons (Fsp3) is 0.333. The van der Waals surface area contributed by atoms with Gasteiger partial charge in [0.2, 0.25) is 11.8 Å². The zero-order chi connectivity index (χ0) is 23.3. The first-order valence-electron chi connectivity index (χ1n) is 10.5. The highest BCUT2D eigenvalue weighted by Crippen LogP contribution is 2.26. The number of likely N-dealkylation sites (tertiary alicyclic amines) is 1. The monoisotopic (exact) mass is 437 g/mol. The van der Waals surface area contributed by atoms with Crippen molar-refractivity contribution in [2.45, 2.75) is 38.4 Å². The molecule has 0 radical (unpaired) electrons. The van der Waals surface area contributed by atoms with Crippen LogP contribution in [0.3, 0.4) is 0 Å². The Labute approximate surface area is 186 Å². The molecule has 0 spiro atoms. The first-order chi connectivity index (χ1) is 15.3. The lowest BCUT2D eigenvalue weighted by Gasteiger charge is -2.26. The van der Waals surface area contributed by atoms with Crippen molar-refractivity contribution in [2.24, 2.45) is 5.92 Å². The number of rotatable bonds is 8. The summed E-state index contributed by atoms with van der Waals surface area (Å²) < 4.78 is 0. The second kappa shape index (κ2) is 10.1. The van der Waals surface area contributed by atoms with Crippen molar-refractivity contribution in [1.29, 1.82) is 0 Å². The zero-order valence-corrected chi connectivity index (χ0v) is 18.0. The molecule has 2 aromatic carbocycles. The van der Waals surface area contributed by atoms with Crippen LogP contribution in [0.2, 0.25) is 0 Å². The number of carbonyl (C=O) groups is 4. The molecular formula is C24H27N3O5. The summed E-state index contributed by atoms with van der Waals surface area (Å²) in [6.07, 6.45) is 0.290. The van der Waals surface area contributed by atoms with Gasteiger partial charge < -0.3 is 20.6 Å². The van der Waals surface area contributed by atoms with Crippen LogP contribution in [0.1, 0.15) is 42.2 Å². The Morgan fingerprint density at radius 1 is 1.00 bits per heavy atom. The number of hydrogen-bond donors (Lipinski definition) is 3. The van der Waals surface area contributed by atoms with E-state index in [0.717, 1.165) is 0 Å². The molecular weight excluding hydrogens is 410 g/mol. The van der Waals surface area contributed by atoms with Gasteiger partial charge in [-0.3, -0.25) is 14.4 Å². The number of carboxylic acid groups (broad SMARTS) is 1. The van der Waals surface area contributed by atoms with Crippen molar-refractivity contribution in [3.63, 3.8) is 0 Å². The van der Waals surface area contributed by atoms with E-state index in [9.17, 15) is 24.3 Å². The van der Waals surface area contributed by atoms with E-state index in [4.69, 9.17) is 0 Å². The highest BCUT2D eigenvalue weighted by atomic mass is 16.4. The van der Waals surface area contributed by atoms with Crippen LogP contribution in [-0.4, -0.2) is 52.3 Å². The fourth-order valence-corrected chi connectivity index (χ4v) is 3.79. The van der Waals surface area contributed by atoms with Gasteiger partial charge in [-0.05, 0) is 30.0 Å². The Balaban J connectivity index is 1.69. The second-order valence-electron chi connectivity index (χ2n) is 8.09. The van der Waals surface area contributed by atoms with Crippen LogP contribution in [0.4, 0.5) is 0 Å². The van der Waals surface area contributed by atoms with E-state index < -0.39 is 35.9 Å². The normalized spacial score (nSPS) is 17.7. The lowest BCUT2D eigenvalue weighted by molar-refractivity contribution is -0.149. The molecule has 0 aliphatic carbocycles. The molecule has 3 amide bonds. The average Bonchev–Trinajstić information content (AvgIpc) is 3.12. The van der Waals surface area contributed by atoms with Crippen molar-refractivity contribution in [3.8, 4) is 0 Å². The number of benzene rings is 2.